The van der Waals surface area contributed by atoms with Gasteiger partial charge in [-0.15, -0.1) is 5.10 Å². The first kappa shape index (κ1) is 18.8. The van der Waals surface area contributed by atoms with Crippen molar-refractivity contribution in [3.8, 4) is 17.5 Å². The van der Waals surface area contributed by atoms with Crippen LogP contribution in [0.5, 0.6) is 0 Å². The first-order valence-electron chi connectivity index (χ1n) is 11.3. The molecule has 29 heavy (non-hydrogen) atoms. The molecular formula is C22H31N7. The average Bonchev–Trinajstić information content (AvgIpc) is 3.12. The van der Waals surface area contributed by atoms with Crippen LogP contribution < -0.4 is 5.01 Å². The normalized spacial score (nSPS) is 21.3. The lowest BCUT2D eigenvalue weighted by Crippen LogP contribution is -2.53. The highest BCUT2D eigenvalue weighted by Crippen LogP contribution is 2.38. The second kappa shape index (κ2) is 8.29. The highest BCUT2D eigenvalue weighted by atomic mass is 15.7. The summed E-state index contributed by atoms with van der Waals surface area (Å²) >= 11 is 0. The Balaban J connectivity index is 1.29. The van der Waals surface area contributed by atoms with Crippen LogP contribution in [0, 0.1) is 11.3 Å². The van der Waals surface area contributed by atoms with Crippen molar-refractivity contribution in [1.29, 1.82) is 5.26 Å². The first-order chi connectivity index (χ1) is 14.3. The molecule has 5 rings (SSSR count). The molecule has 0 N–H and O–H groups in total. The molecule has 2 saturated heterocycles. The van der Waals surface area contributed by atoms with Gasteiger partial charge in [0.05, 0.1) is 5.56 Å². The maximum Gasteiger partial charge on any atom is 0.138 e. The summed E-state index contributed by atoms with van der Waals surface area (Å²) in [6.45, 7) is 9.00. The highest BCUT2D eigenvalue weighted by molar-refractivity contribution is 5.76. The zero-order chi connectivity index (χ0) is 19.6. The Kier molecular flexibility index (Phi) is 5.38. The number of nitriles is 1. The minimum Gasteiger partial charge on any atom is -0.302 e. The molecule has 0 spiro atoms. The fourth-order valence-electron chi connectivity index (χ4n) is 5.33. The van der Waals surface area contributed by atoms with Gasteiger partial charge in [0.1, 0.15) is 23.8 Å². The fourth-order valence-corrected chi connectivity index (χ4v) is 5.33. The maximum atomic E-state index is 9.74. The van der Waals surface area contributed by atoms with E-state index in [0.29, 0.717) is 0 Å². The maximum absolute atomic E-state index is 9.74. The number of likely N-dealkylation sites (tertiary alicyclic amines) is 1. The van der Waals surface area contributed by atoms with Crippen LogP contribution in [-0.2, 0) is 12.8 Å². The zero-order valence-corrected chi connectivity index (χ0v) is 17.3. The van der Waals surface area contributed by atoms with Crippen molar-refractivity contribution in [1.82, 2.24) is 24.7 Å². The molecule has 5 aliphatic rings. The van der Waals surface area contributed by atoms with Gasteiger partial charge < -0.3 is 4.90 Å². The molecule has 0 saturated carbocycles. The molecule has 0 aromatic carbocycles. The lowest BCUT2D eigenvalue weighted by atomic mass is 9.94. The van der Waals surface area contributed by atoms with Gasteiger partial charge in [0.2, 0.25) is 0 Å². The molecule has 0 unspecified atom stereocenters. The second-order valence-corrected chi connectivity index (χ2v) is 8.70. The summed E-state index contributed by atoms with van der Waals surface area (Å²) in [6.07, 6.45) is 10.1. The second-order valence-electron chi connectivity index (χ2n) is 8.70. The van der Waals surface area contributed by atoms with Crippen LogP contribution in [0.25, 0.3) is 11.4 Å². The van der Waals surface area contributed by atoms with Gasteiger partial charge in [-0.1, -0.05) is 6.42 Å². The summed E-state index contributed by atoms with van der Waals surface area (Å²) in [5.41, 5.74) is 5.26. The quantitative estimate of drug-likeness (QED) is 0.790. The van der Waals surface area contributed by atoms with Crippen LogP contribution in [-0.4, -0.2) is 77.0 Å². The molecule has 7 nitrogen and oxygen atoms in total. The van der Waals surface area contributed by atoms with E-state index in [1.54, 1.807) is 6.33 Å². The largest absolute Gasteiger partial charge is 0.302 e. The van der Waals surface area contributed by atoms with E-state index in [0.717, 1.165) is 56.0 Å². The third-order valence-electron chi connectivity index (χ3n) is 6.97. The molecule has 154 valence electrons. The minimum atomic E-state index is 0.783. The smallest absolute Gasteiger partial charge is 0.138 e. The molecule has 2 fully saturated rings. The topological polar surface area (TPSA) is 64.2 Å². The number of rotatable bonds is 4. The Morgan fingerprint density at radius 3 is 2.24 bits per heavy atom. The van der Waals surface area contributed by atoms with Gasteiger partial charge in [-0.3, -0.25) is 9.91 Å². The number of nitrogens with zero attached hydrogens (tertiary/aromatic N) is 7. The Labute approximate surface area is 173 Å². The van der Waals surface area contributed by atoms with Crippen molar-refractivity contribution in [2.75, 3.05) is 57.4 Å². The van der Waals surface area contributed by atoms with Gasteiger partial charge in [0.25, 0.3) is 0 Å². The minimum absolute atomic E-state index is 0.783. The standard InChI is InChI=1S/C22H31N7/c23-16-20-18-6-2-3-7-19(18)22-21(20)24-17-25-29(22)28-14-12-27(13-15-28)11-10-26-8-4-1-5-9-26/h17H,1-15H2. The van der Waals surface area contributed by atoms with E-state index in [1.807, 2.05) is 0 Å². The number of fused-ring (bicyclic) bond motifs is 3. The van der Waals surface area contributed by atoms with Crippen LogP contribution in [0.3, 0.4) is 0 Å². The predicted molar refractivity (Wildman–Crippen MR) is 113 cm³/mol. The summed E-state index contributed by atoms with van der Waals surface area (Å²) in [5, 5.41) is 16.7. The number of hydrogen-bond donors (Lipinski definition) is 0. The Bertz CT molecular complexity index is 853. The van der Waals surface area contributed by atoms with Crippen molar-refractivity contribution in [2.45, 2.75) is 44.9 Å². The van der Waals surface area contributed by atoms with Crippen LogP contribution in [0.2, 0.25) is 0 Å². The lowest BCUT2D eigenvalue weighted by molar-refractivity contribution is 0.170. The Hall–Kier alpha value is -2.17. The number of piperidine rings is 1. The molecule has 0 aromatic heterocycles. The summed E-state index contributed by atoms with van der Waals surface area (Å²) in [5.74, 6) is 0. The molecule has 7 heteroatoms. The number of aromatic nitrogens is 3. The third kappa shape index (κ3) is 3.60. The monoisotopic (exact) mass is 393 g/mol. The molecule has 0 amide bonds. The van der Waals surface area contributed by atoms with Gasteiger partial charge in [0, 0.05) is 39.3 Å². The van der Waals surface area contributed by atoms with E-state index in [2.05, 4.69) is 35.8 Å². The molecule has 3 aliphatic heterocycles. The molecule has 0 radical (unpaired) electrons. The van der Waals surface area contributed by atoms with E-state index in [4.69, 9.17) is 0 Å². The van der Waals surface area contributed by atoms with Crippen molar-refractivity contribution in [3.05, 3.63) is 23.0 Å². The summed E-state index contributed by atoms with van der Waals surface area (Å²) in [6, 6.07) is 2.43. The summed E-state index contributed by atoms with van der Waals surface area (Å²) in [4.78, 5) is 11.8. The molecule has 0 aromatic rings. The Morgan fingerprint density at radius 1 is 0.828 bits per heavy atom. The van der Waals surface area contributed by atoms with E-state index < -0.39 is 0 Å². The Morgan fingerprint density at radius 2 is 1.52 bits per heavy atom. The molecular weight excluding hydrogens is 362 g/mol. The number of piperazine rings is 1. The highest BCUT2D eigenvalue weighted by Gasteiger charge is 2.31. The SMILES string of the molecule is N#Cc1c2ncnn(N3CCN(CCN4CCCCC4)CC3)c-2c2c1CCCC2. The van der Waals surface area contributed by atoms with Crippen LogP contribution >= 0.6 is 0 Å². The van der Waals surface area contributed by atoms with Gasteiger partial charge in [-0.25, -0.2) is 4.98 Å². The van der Waals surface area contributed by atoms with E-state index in [9.17, 15) is 5.26 Å². The van der Waals surface area contributed by atoms with Gasteiger partial charge in [-0.05, 0) is 62.7 Å². The van der Waals surface area contributed by atoms with Gasteiger partial charge in [-0.2, -0.15) is 10.1 Å². The van der Waals surface area contributed by atoms with Crippen molar-refractivity contribution in [2.24, 2.45) is 0 Å². The summed E-state index contributed by atoms with van der Waals surface area (Å²) < 4.78 is 0. The molecule has 2 aliphatic carbocycles. The van der Waals surface area contributed by atoms with Crippen molar-refractivity contribution in [3.63, 3.8) is 0 Å². The molecule has 3 heterocycles. The zero-order valence-electron chi connectivity index (χ0n) is 17.3. The fraction of sp³-hybridized carbons (Fsp3) is 0.682. The van der Waals surface area contributed by atoms with Gasteiger partial charge >= 0.3 is 0 Å². The molecule has 0 atom stereocenters. The molecule has 0 bridgehead atoms. The average molecular weight is 394 g/mol. The van der Waals surface area contributed by atoms with Crippen molar-refractivity contribution >= 4 is 0 Å². The van der Waals surface area contributed by atoms with Crippen LogP contribution in [0.1, 0.15) is 48.8 Å². The lowest BCUT2D eigenvalue weighted by Gasteiger charge is -2.38. The summed E-state index contributed by atoms with van der Waals surface area (Å²) in [7, 11) is 0. The van der Waals surface area contributed by atoms with Crippen LogP contribution in [0.4, 0.5) is 0 Å². The van der Waals surface area contributed by atoms with E-state index in [1.165, 1.54) is 69.4 Å². The van der Waals surface area contributed by atoms with Crippen LogP contribution in [0.15, 0.2) is 6.33 Å². The third-order valence-corrected chi connectivity index (χ3v) is 6.97. The first-order valence-corrected chi connectivity index (χ1v) is 11.3. The predicted octanol–water partition coefficient (Wildman–Crippen LogP) is 1.87. The van der Waals surface area contributed by atoms with Crippen molar-refractivity contribution < 1.29 is 0 Å². The van der Waals surface area contributed by atoms with E-state index >= 15 is 0 Å². The van der Waals surface area contributed by atoms with Gasteiger partial charge in [0.15, 0.2) is 0 Å². The number of hydrogen-bond acceptors (Lipinski definition) is 6. The van der Waals surface area contributed by atoms with E-state index in [-0.39, 0.29) is 0 Å².